The van der Waals surface area contributed by atoms with Gasteiger partial charge in [-0.3, -0.25) is 0 Å². The summed E-state index contributed by atoms with van der Waals surface area (Å²) in [4.78, 5) is 25.4. The van der Waals surface area contributed by atoms with Crippen molar-refractivity contribution >= 4 is 12.0 Å². The molecule has 3 N–H and O–H groups in total. The van der Waals surface area contributed by atoms with Gasteiger partial charge in [0.2, 0.25) is 0 Å². The molecule has 6 heteroatoms. The average molecular weight is 300 g/mol. The molecule has 1 fully saturated rings. The molecule has 0 heterocycles. The zero-order chi connectivity index (χ0) is 16.0. The largest absolute Gasteiger partial charge is 0.480 e. The summed E-state index contributed by atoms with van der Waals surface area (Å²) in [6, 6.07) is -1.24. The minimum Gasteiger partial charge on any atom is -0.480 e. The molecule has 0 aromatic carbocycles. The van der Waals surface area contributed by atoms with Crippen molar-refractivity contribution in [1.82, 2.24) is 10.2 Å². The van der Waals surface area contributed by atoms with Gasteiger partial charge in [-0.1, -0.05) is 40.0 Å². The van der Waals surface area contributed by atoms with Crippen LogP contribution in [0.2, 0.25) is 0 Å². The van der Waals surface area contributed by atoms with Crippen molar-refractivity contribution in [2.75, 3.05) is 13.2 Å². The molecule has 1 rings (SSSR count). The molecule has 1 aliphatic carbocycles. The van der Waals surface area contributed by atoms with Crippen molar-refractivity contribution in [2.45, 2.75) is 65.0 Å². The number of aliphatic carboxylic acids is 1. The highest BCUT2D eigenvalue weighted by Crippen LogP contribution is 2.24. The fourth-order valence-corrected chi connectivity index (χ4v) is 2.81. The molecule has 0 aromatic rings. The maximum atomic E-state index is 12.4. The molecule has 1 unspecified atom stereocenters. The molecule has 6 nitrogen and oxygen atoms in total. The van der Waals surface area contributed by atoms with Crippen LogP contribution in [0.5, 0.6) is 0 Å². The molecule has 0 saturated heterocycles. The third-order valence-corrected chi connectivity index (χ3v) is 4.00. The molecule has 0 aliphatic heterocycles. The van der Waals surface area contributed by atoms with Crippen molar-refractivity contribution < 1.29 is 19.8 Å². The number of urea groups is 1. The van der Waals surface area contributed by atoms with Gasteiger partial charge < -0.3 is 20.4 Å². The molecule has 2 amide bonds. The van der Waals surface area contributed by atoms with E-state index in [1.54, 1.807) is 25.7 Å². The predicted octanol–water partition coefficient (Wildman–Crippen LogP) is 1.82. The molecule has 0 spiro atoms. The highest BCUT2D eigenvalue weighted by Gasteiger charge is 2.35. The Kier molecular flexibility index (Phi) is 6.45. The van der Waals surface area contributed by atoms with Gasteiger partial charge in [-0.25, -0.2) is 9.59 Å². The second kappa shape index (κ2) is 7.64. The van der Waals surface area contributed by atoms with Crippen LogP contribution in [0, 0.1) is 5.41 Å². The number of hydrogen-bond donors (Lipinski definition) is 3. The SMILES string of the molecule is CC(C)(C)C(NC(=O)N(CCO)C1CCCCC1)C(=O)O. The Morgan fingerprint density at radius 1 is 1.24 bits per heavy atom. The lowest BCUT2D eigenvalue weighted by molar-refractivity contribution is -0.142. The lowest BCUT2D eigenvalue weighted by atomic mass is 9.87. The minimum absolute atomic E-state index is 0.0975. The van der Waals surface area contributed by atoms with Crippen molar-refractivity contribution in [3.05, 3.63) is 0 Å². The molecule has 1 aliphatic rings. The van der Waals surface area contributed by atoms with Gasteiger partial charge in [0.15, 0.2) is 0 Å². The summed E-state index contributed by atoms with van der Waals surface area (Å²) in [6.07, 6.45) is 5.15. The molecule has 0 radical (unpaired) electrons. The summed E-state index contributed by atoms with van der Waals surface area (Å²) in [5, 5.41) is 21.1. The van der Waals surface area contributed by atoms with Gasteiger partial charge in [-0.2, -0.15) is 0 Å². The third-order valence-electron chi connectivity index (χ3n) is 4.00. The summed E-state index contributed by atoms with van der Waals surface area (Å²) >= 11 is 0. The van der Waals surface area contributed by atoms with Crippen LogP contribution in [0.4, 0.5) is 4.79 Å². The van der Waals surface area contributed by atoms with Crippen LogP contribution in [-0.4, -0.2) is 52.3 Å². The Morgan fingerprint density at radius 2 is 1.81 bits per heavy atom. The Labute approximate surface area is 126 Å². The van der Waals surface area contributed by atoms with Crippen LogP contribution >= 0.6 is 0 Å². The standard InChI is InChI=1S/C15H28N2O4/c1-15(2,3)12(13(19)20)16-14(21)17(9-10-18)11-7-5-4-6-8-11/h11-12,18H,4-10H2,1-3H3,(H,16,21)(H,19,20). The van der Waals surface area contributed by atoms with E-state index in [0.29, 0.717) is 0 Å². The Morgan fingerprint density at radius 3 is 2.24 bits per heavy atom. The molecule has 122 valence electrons. The lowest BCUT2D eigenvalue weighted by Crippen LogP contribution is -2.56. The van der Waals surface area contributed by atoms with Crippen LogP contribution in [0.15, 0.2) is 0 Å². The van der Waals surface area contributed by atoms with Crippen molar-refractivity contribution in [3.8, 4) is 0 Å². The summed E-state index contributed by atoms with van der Waals surface area (Å²) < 4.78 is 0. The molecule has 0 aromatic heterocycles. The zero-order valence-corrected chi connectivity index (χ0v) is 13.3. The highest BCUT2D eigenvalue weighted by molar-refractivity contribution is 5.83. The smallest absolute Gasteiger partial charge is 0.326 e. The van der Waals surface area contributed by atoms with Gasteiger partial charge in [0, 0.05) is 12.6 Å². The molecule has 1 saturated carbocycles. The Balaban J connectivity index is 2.77. The number of carbonyl (C=O) groups excluding carboxylic acids is 1. The summed E-state index contributed by atoms with van der Waals surface area (Å²) in [5.41, 5.74) is -0.570. The van der Waals surface area contributed by atoms with E-state index in [2.05, 4.69) is 5.32 Å². The van der Waals surface area contributed by atoms with Crippen LogP contribution in [-0.2, 0) is 4.79 Å². The van der Waals surface area contributed by atoms with Crippen molar-refractivity contribution in [2.24, 2.45) is 5.41 Å². The van der Waals surface area contributed by atoms with Crippen LogP contribution in [0.25, 0.3) is 0 Å². The highest BCUT2D eigenvalue weighted by atomic mass is 16.4. The minimum atomic E-state index is -1.04. The van der Waals surface area contributed by atoms with E-state index in [4.69, 9.17) is 0 Å². The quantitative estimate of drug-likeness (QED) is 0.722. The number of hydrogen-bond acceptors (Lipinski definition) is 3. The maximum Gasteiger partial charge on any atom is 0.326 e. The van der Waals surface area contributed by atoms with E-state index in [9.17, 15) is 19.8 Å². The number of carboxylic acid groups (broad SMARTS) is 1. The van der Waals surface area contributed by atoms with Crippen molar-refractivity contribution in [3.63, 3.8) is 0 Å². The summed E-state index contributed by atoms with van der Waals surface area (Å²) in [6.45, 7) is 5.47. The van der Waals surface area contributed by atoms with E-state index < -0.39 is 23.5 Å². The van der Waals surface area contributed by atoms with Gasteiger partial charge in [-0.05, 0) is 18.3 Å². The first-order chi connectivity index (χ1) is 9.77. The third kappa shape index (κ3) is 5.19. The number of nitrogens with one attached hydrogen (secondary N) is 1. The maximum absolute atomic E-state index is 12.4. The molecular weight excluding hydrogens is 272 g/mol. The van der Waals surface area contributed by atoms with Gasteiger partial charge in [0.05, 0.1) is 6.61 Å². The van der Waals surface area contributed by atoms with E-state index in [1.165, 1.54) is 6.42 Å². The first kappa shape index (κ1) is 17.8. The second-order valence-electron chi connectivity index (χ2n) is 6.80. The molecule has 1 atom stereocenters. The zero-order valence-electron chi connectivity index (χ0n) is 13.3. The number of amides is 2. The lowest BCUT2D eigenvalue weighted by Gasteiger charge is -2.36. The first-order valence-electron chi connectivity index (χ1n) is 7.68. The van der Waals surface area contributed by atoms with Crippen LogP contribution in [0.3, 0.4) is 0 Å². The number of aliphatic hydroxyl groups excluding tert-OH is 1. The fourth-order valence-electron chi connectivity index (χ4n) is 2.81. The normalized spacial score (nSPS) is 18.1. The Bertz CT molecular complexity index is 359. The second-order valence-corrected chi connectivity index (χ2v) is 6.80. The topological polar surface area (TPSA) is 89.9 Å². The number of aliphatic hydroxyl groups is 1. The molecule has 0 bridgehead atoms. The van der Waals surface area contributed by atoms with Crippen LogP contribution < -0.4 is 5.32 Å². The van der Waals surface area contributed by atoms with Gasteiger partial charge in [-0.15, -0.1) is 0 Å². The Hall–Kier alpha value is -1.30. The van der Waals surface area contributed by atoms with E-state index in [-0.39, 0.29) is 19.2 Å². The molecular formula is C15H28N2O4. The summed E-state index contributed by atoms with van der Waals surface area (Å²) in [5.74, 6) is -1.04. The van der Waals surface area contributed by atoms with Crippen molar-refractivity contribution in [1.29, 1.82) is 0 Å². The van der Waals surface area contributed by atoms with Gasteiger partial charge in [0.25, 0.3) is 0 Å². The number of nitrogens with zero attached hydrogens (tertiary/aromatic N) is 1. The number of carbonyl (C=O) groups is 2. The average Bonchev–Trinajstić information content (AvgIpc) is 2.41. The summed E-state index contributed by atoms with van der Waals surface area (Å²) in [7, 11) is 0. The monoisotopic (exact) mass is 300 g/mol. The van der Waals surface area contributed by atoms with E-state index in [0.717, 1.165) is 25.7 Å². The number of carboxylic acids is 1. The first-order valence-corrected chi connectivity index (χ1v) is 7.68. The van der Waals surface area contributed by atoms with Gasteiger partial charge in [0.1, 0.15) is 6.04 Å². The van der Waals surface area contributed by atoms with E-state index >= 15 is 0 Å². The number of rotatable bonds is 5. The van der Waals surface area contributed by atoms with Crippen LogP contribution in [0.1, 0.15) is 52.9 Å². The fraction of sp³-hybridized carbons (Fsp3) is 0.867. The van der Waals surface area contributed by atoms with Gasteiger partial charge >= 0.3 is 12.0 Å². The van der Waals surface area contributed by atoms with E-state index in [1.807, 2.05) is 0 Å². The predicted molar refractivity (Wildman–Crippen MR) is 80.1 cm³/mol. The molecule has 21 heavy (non-hydrogen) atoms.